The standard InChI is InChI=1S/C22H26BrO2P/c1-14-9-16(3)20(17(4)10-14)22(24)21-18(5)11-15(2)12-19(21)13-26(25)8-6-7-23/h9-13H,6-8H2,1-5H3. The van der Waals surface area contributed by atoms with Crippen LogP contribution >= 0.6 is 23.7 Å². The Kier molecular flexibility index (Phi) is 7.34. The van der Waals surface area contributed by atoms with Gasteiger partial charge in [0, 0.05) is 22.0 Å². The molecule has 0 fully saturated rings. The fourth-order valence-electron chi connectivity index (χ4n) is 3.51. The van der Waals surface area contributed by atoms with Crippen LogP contribution in [0, 0.1) is 34.6 Å². The molecule has 0 radical (unpaired) electrons. The molecular formula is C22H26BrO2P. The van der Waals surface area contributed by atoms with Crippen LogP contribution in [0.5, 0.6) is 0 Å². The van der Waals surface area contributed by atoms with E-state index in [4.69, 9.17) is 0 Å². The zero-order valence-electron chi connectivity index (χ0n) is 16.1. The zero-order chi connectivity index (χ0) is 19.4. The second kappa shape index (κ2) is 9.08. The number of carbonyl (C=O) groups is 1. The molecule has 2 aromatic rings. The third-order valence-corrected chi connectivity index (χ3v) is 6.32. The number of alkyl halides is 1. The maximum absolute atomic E-state index is 13.4. The molecule has 0 aromatic heterocycles. The summed E-state index contributed by atoms with van der Waals surface area (Å²) in [7, 11) is -1.48. The van der Waals surface area contributed by atoms with Gasteiger partial charge >= 0.3 is 0 Å². The van der Waals surface area contributed by atoms with E-state index in [0.717, 1.165) is 50.7 Å². The SMILES string of the molecule is Cc1cc(C)c(C(=O)c2c(C)cc(C)cc2C=[P+]([O-])CCCBr)c(C)c1. The molecule has 2 rings (SSSR count). The van der Waals surface area contributed by atoms with Crippen LogP contribution in [0.4, 0.5) is 0 Å². The van der Waals surface area contributed by atoms with Gasteiger partial charge < -0.3 is 4.89 Å². The van der Waals surface area contributed by atoms with Gasteiger partial charge in [0.1, 0.15) is 12.0 Å². The molecule has 0 spiro atoms. The Morgan fingerprint density at radius 2 is 1.46 bits per heavy atom. The summed E-state index contributed by atoms with van der Waals surface area (Å²) in [5.41, 5.74) is 7.37. The van der Waals surface area contributed by atoms with Gasteiger partial charge in [-0.3, -0.25) is 4.79 Å². The molecule has 1 unspecified atom stereocenters. The summed E-state index contributed by atoms with van der Waals surface area (Å²) in [6, 6.07) is 8.09. The summed E-state index contributed by atoms with van der Waals surface area (Å²) in [6.45, 7) is 9.97. The van der Waals surface area contributed by atoms with Crippen molar-refractivity contribution in [3.8, 4) is 0 Å². The van der Waals surface area contributed by atoms with Crippen molar-refractivity contribution in [3.05, 3.63) is 68.8 Å². The number of hydrogen-bond acceptors (Lipinski definition) is 2. The molecule has 26 heavy (non-hydrogen) atoms. The van der Waals surface area contributed by atoms with E-state index >= 15 is 0 Å². The van der Waals surface area contributed by atoms with Crippen molar-refractivity contribution in [1.82, 2.24) is 0 Å². The lowest BCUT2D eigenvalue weighted by Gasteiger charge is -2.15. The Morgan fingerprint density at radius 3 is 2.00 bits per heavy atom. The van der Waals surface area contributed by atoms with Crippen LogP contribution < -0.4 is 4.89 Å². The average Bonchev–Trinajstić information content (AvgIpc) is 2.51. The molecule has 0 N–H and O–H groups in total. The third-order valence-electron chi connectivity index (χ3n) is 4.44. The van der Waals surface area contributed by atoms with E-state index < -0.39 is 7.77 Å². The van der Waals surface area contributed by atoms with Crippen molar-refractivity contribution in [2.75, 3.05) is 11.5 Å². The summed E-state index contributed by atoms with van der Waals surface area (Å²) >= 11 is 3.38. The summed E-state index contributed by atoms with van der Waals surface area (Å²) < 4.78 is 0. The maximum Gasteiger partial charge on any atom is 0.194 e. The van der Waals surface area contributed by atoms with E-state index in [1.807, 2.05) is 58.9 Å². The number of hydrogen-bond donors (Lipinski definition) is 0. The van der Waals surface area contributed by atoms with Crippen LogP contribution in [0.3, 0.4) is 0 Å². The summed E-state index contributed by atoms with van der Waals surface area (Å²) in [5.74, 6) is 1.80. The zero-order valence-corrected chi connectivity index (χ0v) is 18.6. The molecule has 0 heterocycles. The van der Waals surface area contributed by atoms with Crippen LogP contribution in [0.2, 0.25) is 0 Å². The van der Waals surface area contributed by atoms with Crippen molar-refractivity contribution in [2.24, 2.45) is 0 Å². The molecule has 0 saturated heterocycles. The van der Waals surface area contributed by atoms with Gasteiger partial charge in [-0.05, 0) is 63.8 Å². The van der Waals surface area contributed by atoms with E-state index in [-0.39, 0.29) is 5.78 Å². The molecule has 0 aliphatic carbocycles. The lowest BCUT2D eigenvalue weighted by Crippen LogP contribution is -2.12. The van der Waals surface area contributed by atoms with E-state index in [2.05, 4.69) is 15.9 Å². The van der Waals surface area contributed by atoms with Crippen molar-refractivity contribution in [3.63, 3.8) is 0 Å². The fourth-order valence-corrected chi connectivity index (χ4v) is 5.34. The predicted molar refractivity (Wildman–Crippen MR) is 115 cm³/mol. The number of rotatable bonds is 6. The number of aryl methyl sites for hydroxylation is 5. The van der Waals surface area contributed by atoms with Gasteiger partial charge in [0.15, 0.2) is 5.78 Å². The molecule has 2 nitrogen and oxygen atoms in total. The first-order chi connectivity index (χ1) is 12.2. The monoisotopic (exact) mass is 432 g/mol. The van der Waals surface area contributed by atoms with Crippen LogP contribution in [-0.4, -0.2) is 23.1 Å². The molecule has 0 aliphatic rings. The van der Waals surface area contributed by atoms with Crippen LogP contribution in [0.25, 0.3) is 0 Å². The molecule has 138 valence electrons. The summed E-state index contributed by atoms with van der Waals surface area (Å²) in [4.78, 5) is 25.9. The number of halogens is 1. The Bertz CT molecular complexity index is 846. The largest absolute Gasteiger partial charge is 0.630 e. The second-order valence-electron chi connectivity index (χ2n) is 6.96. The van der Waals surface area contributed by atoms with Gasteiger partial charge in [0.25, 0.3) is 0 Å². The van der Waals surface area contributed by atoms with Gasteiger partial charge in [-0.2, -0.15) is 0 Å². The van der Waals surface area contributed by atoms with Crippen LogP contribution in [0.15, 0.2) is 24.3 Å². The van der Waals surface area contributed by atoms with E-state index in [1.165, 1.54) is 0 Å². The summed E-state index contributed by atoms with van der Waals surface area (Å²) in [6.07, 6.45) is 1.49. The Balaban J connectivity index is 2.61. The van der Waals surface area contributed by atoms with Gasteiger partial charge in [-0.25, -0.2) is 0 Å². The van der Waals surface area contributed by atoms with Gasteiger partial charge in [-0.1, -0.05) is 45.3 Å². The molecule has 0 amide bonds. The number of carbonyl (C=O) groups excluding carboxylic acids is 1. The third kappa shape index (κ3) is 4.91. The highest BCUT2D eigenvalue weighted by Crippen LogP contribution is 2.26. The molecule has 0 bridgehead atoms. The van der Waals surface area contributed by atoms with E-state index in [9.17, 15) is 9.69 Å². The Morgan fingerprint density at radius 1 is 0.962 bits per heavy atom. The highest BCUT2D eigenvalue weighted by atomic mass is 79.9. The first kappa shape index (κ1) is 21.0. The Labute approximate surface area is 166 Å². The lowest BCUT2D eigenvalue weighted by atomic mass is 9.88. The van der Waals surface area contributed by atoms with Crippen molar-refractivity contribution in [2.45, 2.75) is 41.0 Å². The minimum Gasteiger partial charge on any atom is -0.630 e. The lowest BCUT2D eigenvalue weighted by molar-refractivity contribution is -0.152. The minimum absolute atomic E-state index is 0.0210. The van der Waals surface area contributed by atoms with Crippen LogP contribution in [-0.2, 0) is 0 Å². The summed E-state index contributed by atoms with van der Waals surface area (Å²) in [5, 5.41) is 0.836. The fraction of sp³-hybridized carbons (Fsp3) is 0.364. The highest BCUT2D eigenvalue weighted by Gasteiger charge is 2.21. The first-order valence-corrected chi connectivity index (χ1v) is 11.5. The van der Waals surface area contributed by atoms with Gasteiger partial charge in [0.2, 0.25) is 0 Å². The highest BCUT2D eigenvalue weighted by molar-refractivity contribution is 9.09. The smallest absolute Gasteiger partial charge is 0.194 e. The van der Waals surface area contributed by atoms with Crippen molar-refractivity contribution < 1.29 is 9.69 Å². The number of benzene rings is 2. The number of ketones is 1. The first-order valence-electron chi connectivity index (χ1n) is 8.83. The van der Waals surface area contributed by atoms with E-state index in [0.29, 0.717) is 11.7 Å². The molecule has 1 atom stereocenters. The minimum atomic E-state index is -1.48. The average molecular weight is 433 g/mol. The van der Waals surface area contributed by atoms with Gasteiger partial charge in [0.05, 0.1) is 7.77 Å². The van der Waals surface area contributed by atoms with E-state index in [1.54, 1.807) is 5.80 Å². The maximum atomic E-state index is 13.4. The van der Waals surface area contributed by atoms with Crippen molar-refractivity contribution in [1.29, 1.82) is 0 Å². The molecule has 0 saturated carbocycles. The Hall–Kier alpha value is -1.28. The second-order valence-corrected chi connectivity index (χ2v) is 9.29. The van der Waals surface area contributed by atoms with Crippen LogP contribution in [0.1, 0.15) is 55.7 Å². The van der Waals surface area contributed by atoms with Gasteiger partial charge in [-0.15, -0.1) is 0 Å². The molecule has 2 aromatic carbocycles. The quantitative estimate of drug-likeness (QED) is 0.359. The normalized spacial score (nSPS) is 11.7. The molecule has 4 heteroatoms. The molecular weight excluding hydrogens is 407 g/mol. The predicted octanol–water partition coefficient (Wildman–Crippen LogP) is 5.15. The van der Waals surface area contributed by atoms with Crippen molar-refractivity contribution >= 4 is 35.3 Å². The topological polar surface area (TPSA) is 40.1 Å². The molecule has 0 aliphatic heterocycles.